The molecule has 1 fully saturated rings. The third-order valence-corrected chi connectivity index (χ3v) is 3.71. The van der Waals surface area contributed by atoms with E-state index in [1.54, 1.807) is 0 Å². The van der Waals surface area contributed by atoms with Crippen LogP contribution >= 0.6 is 0 Å². The minimum Gasteiger partial charge on any atom is -0.326 e. The maximum Gasteiger partial charge on any atom is 0.228 e. The van der Waals surface area contributed by atoms with Crippen molar-refractivity contribution in [3.8, 4) is 0 Å². The lowest BCUT2D eigenvalue weighted by atomic mass is 10.1. The van der Waals surface area contributed by atoms with Crippen molar-refractivity contribution in [1.29, 1.82) is 0 Å². The highest BCUT2D eigenvalue weighted by Crippen LogP contribution is 2.25. The summed E-state index contributed by atoms with van der Waals surface area (Å²) in [6, 6.07) is 6.35. The number of amides is 1. The predicted octanol–water partition coefficient (Wildman–Crippen LogP) is 2.02. The minimum absolute atomic E-state index is 0.118. The fourth-order valence-electron chi connectivity index (χ4n) is 2.81. The first-order valence-corrected chi connectivity index (χ1v) is 6.35. The quantitative estimate of drug-likeness (QED) is 0.843. The Morgan fingerprint density at radius 1 is 1.47 bits per heavy atom. The van der Waals surface area contributed by atoms with Crippen LogP contribution in [0.25, 0.3) is 0 Å². The highest BCUT2D eigenvalue weighted by Gasteiger charge is 2.20. The molecule has 0 bridgehead atoms. The molecule has 3 heteroatoms. The van der Waals surface area contributed by atoms with E-state index in [1.807, 2.05) is 6.07 Å². The Balaban J connectivity index is 1.72. The first-order chi connectivity index (χ1) is 8.20. The fraction of sp³-hybridized carbons (Fsp3) is 0.500. The van der Waals surface area contributed by atoms with Gasteiger partial charge in [0.15, 0.2) is 0 Å². The summed E-state index contributed by atoms with van der Waals surface area (Å²) in [5.41, 5.74) is 3.47. The van der Waals surface area contributed by atoms with E-state index in [4.69, 9.17) is 0 Å². The SMILES string of the molecule is CC1CCN(Cc2ccc3c(c2)CC(=O)N3)C1. The largest absolute Gasteiger partial charge is 0.326 e. The zero-order valence-electron chi connectivity index (χ0n) is 10.2. The molecule has 1 aromatic carbocycles. The van der Waals surface area contributed by atoms with Gasteiger partial charge in [0.2, 0.25) is 5.91 Å². The van der Waals surface area contributed by atoms with E-state index in [0.29, 0.717) is 6.42 Å². The number of carbonyl (C=O) groups is 1. The number of anilines is 1. The number of rotatable bonds is 2. The average Bonchev–Trinajstić information content (AvgIpc) is 2.83. The Morgan fingerprint density at radius 3 is 3.12 bits per heavy atom. The van der Waals surface area contributed by atoms with Crippen molar-refractivity contribution < 1.29 is 4.79 Å². The number of hydrogen-bond acceptors (Lipinski definition) is 2. The van der Waals surface area contributed by atoms with Gasteiger partial charge in [-0.15, -0.1) is 0 Å². The number of hydrogen-bond donors (Lipinski definition) is 1. The molecule has 3 rings (SSSR count). The van der Waals surface area contributed by atoms with Gasteiger partial charge in [-0.05, 0) is 36.1 Å². The average molecular weight is 230 g/mol. The molecule has 2 aliphatic heterocycles. The van der Waals surface area contributed by atoms with Crippen molar-refractivity contribution in [1.82, 2.24) is 4.90 Å². The van der Waals surface area contributed by atoms with Crippen LogP contribution in [0.5, 0.6) is 0 Å². The van der Waals surface area contributed by atoms with Crippen molar-refractivity contribution in [3.05, 3.63) is 29.3 Å². The Bertz CT molecular complexity index is 456. The molecule has 3 nitrogen and oxygen atoms in total. The van der Waals surface area contributed by atoms with Gasteiger partial charge in [0.1, 0.15) is 0 Å². The molecule has 1 atom stereocenters. The first kappa shape index (κ1) is 10.8. The fourth-order valence-corrected chi connectivity index (χ4v) is 2.81. The summed E-state index contributed by atoms with van der Waals surface area (Å²) >= 11 is 0. The predicted molar refractivity (Wildman–Crippen MR) is 67.8 cm³/mol. The molecule has 1 saturated heterocycles. The summed E-state index contributed by atoms with van der Waals surface area (Å²) in [6.45, 7) is 5.74. The van der Waals surface area contributed by atoms with Gasteiger partial charge in [-0.1, -0.05) is 19.1 Å². The van der Waals surface area contributed by atoms with E-state index in [0.717, 1.165) is 23.7 Å². The summed E-state index contributed by atoms with van der Waals surface area (Å²) in [6.07, 6.45) is 1.85. The molecule has 2 heterocycles. The molecule has 90 valence electrons. The molecule has 1 unspecified atom stereocenters. The maximum absolute atomic E-state index is 11.3. The van der Waals surface area contributed by atoms with Crippen LogP contribution in [0, 0.1) is 5.92 Å². The topological polar surface area (TPSA) is 32.3 Å². The first-order valence-electron chi connectivity index (χ1n) is 6.35. The van der Waals surface area contributed by atoms with Crippen LogP contribution in [-0.4, -0.2) is 23.9 Å². The van der Waals surface area contributed by atoms with Crippen molar-refractivity contribution in [2.24, 2.45) is 5.92 Å². The van der Waals surface area contributed by atoms with E-state index >= 15 is 0 Å². The number of nitrogens with zero attached hydrogens (tertiary/aromatic N) is 1. The minimum atomic E-state index is 0.118. The zero-order chi connectivity index (χ0) is 11.8. The third-order valence-electron chi connectivity index (χ3n) is 3.71. The number of likely N-dealkylation sites (tertiary alicyclic amines) is 1. The number of benzene rings is 1. The molecular weight excluding hydrogens is 212 g/mol. The highest BCUT2D eigenvalue weighted by molar-refractivity contribution is 5.99. The van der Waals surface area contributed by atoms with E-state index in [1.165, 1.54) is 25.1 Å². The van der Waals surface area contributed by atoms with Crippen molar-refractivity contribution in [2.75, 3.05) is 18.4 Å². The van der Waals surface area contributed by atoms with Gasteiger partial charge in [0, 0.05) is 18.8 Å². The second kappa shape index (κ2) is 4.15. The van der Waals surface area contributed by atoms with E-state index in [9.17, 15) is 4.79 Å². The van der Waals surface area contributed by atoms with Crippen LogP contribution in [0.4, 0.5) is 5.69 Å². The van der Waals surface area contributed by atoms with E-state index in [2.05, 4.69) is 29.3 Å². The molecule has 0 spiro atoms. The summed E-state index contributed by atoms with van der Waals surface area (Å²) in [5.74, 6) is 0.944. The van der Waals surface area contributed by atoms with Crippen LogP contribution in [0.3, 0.4) is 0 Å². The van der Waals surface area contributed by atoms with Crippen LogP contribution in [0.1, 0.15) is 24.5 Å². The van der Waals surface area contributed by atoms with Crippen molar-refractivity contribution in [3.63, 3.8) is 0 Å². The van der Waals surface area contributed by atoms with Gasteiger partial charge in [0.05, 0.1) is 6.42 Å². The lowest BCUT2D eigenvalue weighted by Crippen LogP contribution is -2.19. The van der Waals surface area contributed by atoms with Gasteiger partial charge in [-0.3, -0.25) is 9.69 Å². The van der Waals surface area contributed by atoms with Crippen molar-refractivity contribution in [2.45, 2.75) is 26.3 Å². The molecule has 1 aromatic rings. The van der Waals surface area contributed by atoms with Gasteiger partial charge < -0.3 is 5.32 Å². The molecule has 0 radical (unpaired) electrons. The van der Waals surface area contributed by atoms with E-state index < -0.39 is 0 Å². The standard InChI is InChI=1S/C14H18N2O/c1-10-4-5-16(8-10)9-11-2-3-13-12(6-11)7-14(17)15-13/h2-3,6,10H,4-5,7-9H2,1H3,(H,15,17). The van der Waals surface area contributed by atoms with Gasteiger partial charge in [-0.25, -0.2) is 0 Å². The third kappa shape index (κ3) is 2.20. The number of fused-ring (bicyclic) bond motifs is 1. The summed E-state index contributed by atoms with van der Waals surface area (Å²) in [5, 5.41) is 2.87. The Hall–Kier alpha value is -1.35. The second-order valence-corrected chi connectivity index (χ2v) is 5.35. The molecule has 1 amide bonds. The second-order valence-electron chi connectivity index (χ2n) is 5.35. The number of carbonyl (C=O) groups excluding carboxylic acids is 1. The van der Waals surface area contributed by atoms with Crippen LogP contribution in [0.2, 0.25) is 0 Å². The van der Waals surface area contributed by atoms with Gasteiger partial charge in [-0.2, -0.15) is 0 Å². The maximum atomic E-state index is 11.3. The molecule has 0 aromatic heterocycles. The summed E-state index contributed by atoms with van der Waals surface area (Å²) in [7, 11) is 0. The molecule has 0 saturated carbocycles. The molecule has 2 aliphatic rings. The van der Waals surface area contributed by atoms with Crippen LogP contribution in [0.15, 0.2) is 18.2 Å². The van der Waals surface area contributed by atoms with E-state index in [-0.39, 0.29) is 5.91 Å². The lowest BCUT2D eigenvalue weighted by Gasteiger charge is -2.15. The highest BCUT2D eigenvalue weighted by atomic mass is 16.1. The van der Waals surface area contributed by atoms with Crippen molar-refractivity contribution >= 4 is 11.6 Å². The molecule has 1 N–H and O–H groups in total. The molecule has 0 aliphatic carbocycles. The molecular formula is C14H18N2O. The summed E-state index contributed by atoms with van der Waals surface area (Å²) in [4.78, 5) is 13.8. The smallest absolute Gasteiger partial charge is 0.228 e. The normalized spacial score (nSPS) is 23.8. The summed E-state index contributed by atoms with van der Waals surface area (Å²) < 4.78 is 0. The zero-order valence-corrected chi connectivity index (χ0v) is 10.2. The number of nitrogens with one attached hydrogen (secondary N) is 1. The van der Waals surface area contributed by atoms with Crippen LogP contribution < -0.4 is 5.32 Å². The van der Waals surface area contributed by atoms with Crippen LogP contribution in [-0.2, 0) is 17.8 Å². The lowest BCUT2D eigenvalue weighted by molar-refractivity contribution is -0.115. The Labute approximate surface area is 102 Å². The van der Waals surface area contributed by atoms with Gasteiger partial charge in [0.25, 0.3) is 0 Å². The monoisotopic (exact) mass is 230 g/mol. The van der Waals surface area contributed by atoms with Gasteiger partial charge >= 0.3 is 0 Å². The molecule has 17 heavy (non-hydrogen) atoms. The Kier molecular flexibility index (Phi) is 2.63. The Morgan fingerprint density at radius 2 is 2.35 bits per heavy atom.